The molecule has 5 heteroatoms. The lowest BCUT2D eigenvalue weighted by atomic mass is 9.92. The Hall–Kier alpha value is -1.88. The summed E-state index contributed by atoms with van der Waals surface area (Å²) in [6.07, 6.45) is 6.90. The molecule has 0 aromatic heterocycles. The summed E-state index contributed by atoms with van der Waals surface area (Å²) in [5.41, 5.74) is 1.33. The van der Waals surface area contributed by atoms with Gasteiger partial charge in [0, 0.05) is 51.1 Å². The van der Waals surface area contributed by atoms with Crippen LogP contribution in [0.3, 0.4) is 0 Å². The van der Waals surface area contributed by atoms with E-state index in [1.54, 1.807) is 0 Å². The summed E-state index contributed by atoms with van der Waals surface area (Å²) in [4.78, 5) is 29.0. The van der Waals surface area contributed by atoms with Crippen molar-refractivity contribution in [2.24, 2.45) is 11.8 Å². The van der Waals surface area contributed by atoms with Crippen LogP contribution in [0.25, 0.3) is 0 Å². The van der Waals surface area contributed by atoms with Gasteiger partial charge in [-0.1, -0.05) is 30.3 Å². The Morgan fingerprint density at radius 1 is 0.964 bits per heavy atom. The van der Waals surface area contributed by atoms with E-state index in [1.165, 1.54) is 5.56 Å². The second kappa shape index (κ2) is 9.08. The number of benzene rings is 1. The molecule has 1 aromatic carbocycles. The fourth-order valence-electron chi connectivity index (χ4n) is 4.60. The van der Waals surface area contributed by atoms with Crippen LogP contribution in [0.2, 0.25) is 0 Å². The van der Waals surface area contributed by atoms with E-state index in [2.05, 4.69) is 34.5 Å². The lowest BCUT2D eigenvalue weighted by Crippen LogP contribution is -2.40. The Bertz CT molecular complexity index is 666. The zero-order valence-electron chi connectivity index (χ0n) is 16.8. The molecule has 0 spiro atoms. The minimum atomic E-state index is 0.197. The topological polar surface area (TPSA) is 52.7 Å². The van der Waals surface area contributed by atoms with Crippen LogP contribution >= 0.6 is 0 Å². The van der Waals surface area contributed by atoms with Gasteiger partial charge in [0.2, 0.25) is 11.8 Å². The van der Waals surface area contributed by atoms with Gasteiger partial charge in [-0.3, -0.25) is 14.5 Å². The second-order valence-corrected chi connectivity index (χ2v) is 8.86. The molecule has 0 bridgehead atoms. The summed E-state index contributed by atoms with van der Waals surface area (Å²) in [6, 6.07) is 10.8. The van der Waals surface area contributed by atoms with Gasteiger partial charge in [0.15, 0.2) is 0 Å². The van der Waals surface area contributed by atoms with Gasteiger partial charge in [0.1, 0.15) is 0 Å². The van der Waals surface area contributed by atoms with Crippen molar-refractivity contribution in [3.8, 4) is 0 Å². The molecule has 0 radical (unpaired) electrons. The highest BCUT2D eigenvalue weighted by Gasteiger charge is 2.35. The number of carbonyl (C=O) groups excluding carboxylic acids is 2. The fraction of sp³-hybridized carbons (Fsp3) is 0.652. The molecule has 3 fully saturated rings. The summed E-state index contributed by atoms with van der Waals surface area (Å²) in [6.45, 7) is 4.73. The van der Waals surface area contributed by atoms with Crippen LogP contribution in [0.1, 0.15) is 50.5 Å². The highest BCUT2D eigenvalue weighted by Crippen LogP contribution is 2.33. The molecule has 2 amide bonds. The maximum atomic E-state index is 12.4. The standard InChI is InChI=1S/C23H33N3O2/c27-22(9-6-18-10-14-26(15-11-18)23(28)20-7-8-20)24-21-12-13-25(17-21)16-19-4-2-1-3-5-19/h1-5,18,20-21H,6-17H2,(H,24,27). The molecule has 1 aromatic rings. The lowest BCUT2D eigenvalue weighted by molar-refractivity contribution is -0.134. The molecule has 1 saturated carbocycles. The second-order valence-electron chi connectivity index (χ2n) is 8.86. The zero-order chi connectivity index (χ0) is 19.3. The van der Waals surface area contributed by atoms with Gasteiger partial charge in [-0.2, -0.15) is 0 Å². The van der Waals surface area contributed by atoms with E-state index in [-0.39, 0.29) is 11.9 Å². The maximum absolute atomic E-state index is 12.4. The summed E-state index contributed by atoms with van der Waals surface area (Å²) in [7, 11) is 0. The van der Waals surface area contributed by atoms with Gasteiger partial charge in [0.25, 0.3) is 0 Å². The lowest BCUT2D eigenvalue weighted by Gasteiger charge is -2.32. The number of piperidine rings is 1. The number of amides is 2. The molecule has 2 aliphatic heterocycles. The number of nitrogens with zero attached hydrogens (tertiary/aromatic N) is 2. The van der Waals surface area contributed by atoms with Crippen LogP contribution in [-0.2, 0) is 16.1 Å². The molecule has 4 rings (SSSR count). The van der Waals surface area contributed by atoms with Crippen molar-refractivity contribution in [3.05, 3.63) is 35.9 Å². The number of hydrogen-bond donors (Lipinski definition) is 1. The van der Waals surface area contributed by atoms with Crippen LogP contribution in [-0.4, -0.2) is 53.8 Å². The Balaban J connectivity index is 1.11. The van der Waals surface area contributed by atoms with Crippen LogP contribution in [0, 0.1) is 11.8 Å². The fourth-order valence-corrected chi connectivity index (χ4v) is 4.60. The van der Waals surface area contributed by atoms with E-state index in [0.717, 1.165) is 71.2 Å². The van der Waals surface area contributed by atoms with E-state index in [9.17, 15) is 9.59 Å². The predicted octanol–water partition coefficient (Wildman–Crippen LogP) is 2.81. The van der Waals surface area contributed by atoms with E-state index < -0.39 is 0 Å². The van der Waals surface area contributed by atoms with Gasteiger partial charge in [-0.15, -0.1) is 0 Å². The summed E-state index contributed by atoms with van der Waals surface area (Å²) < 4.78 is 0. The molecular weight excluding hydrogens is 350 g/mol. The van der Waals surface area contributed by atoms with Crippen LogP contribution in [0.5, 0.6) is 0 Å². The average molecular weight is 384 g/mol. The summed E-state index contributed by atoms with van der Waals surface area (Å²) in [5, 5.41) is 3.24. The number of likely N-dealkylation sites (tertiary alicyclic amines) is 2. The average Bonchev–Trinajstić information content (AvgIpc) is 3.48. The number of carbonyl (C=O) groups is 2. The predicted molar refractivity (Wildman–Crippen MR) is 110 cm³/mol. The van der Waals surface area contributed by atoms with Crippen LogP contribution < -0.4 is 5.32 Å². The van der Waals surface area contributed by atoms with E-state index in [1.807, 2.05) is 11.0 Å². The van der Waals surface area contributed by atoms with Crippen molar-refractivity contribution >= 4 is 11.8 Å². The maximum Gasteiger partial charge on any atom is 0.225 e. The van der Waals surface area contributed by atoms with E-state index >= 15 is 0 Å². The number of hydrogen-bond acceptors (Lipinski definition) is 3. The monoisotopic (exact) mass is 383 g/mol. The SMILES string of the molecule is O=C(CCC1CCN(C(=O)C2CC2)CC1)NC1CCN(Cc2ccccc2)C1. The number of nitrogens with one attached hydrogen (secondary N) is 1. The van der Waals surface area contributed by atoms with Crippen LogP contribution in [0.4, 0.5) is 0 Å². The quantitative estimate of drug-likeness (QED) is 0.788. The van der Waals surface area contributed by atoms with Gasteiger partial charge in [-0.25, -0.2) is 0 Å². The summed E-state index contributed by atoms with van der Waals surface area (Å²) >= 11 is 0. The van der Waals surface area contributed by atoms with Gasteiger partial charge >= 0.3 is 0 Å². The third kappa shape index (κ3) is 5.34. The van der Waals surface area contributed by atoms with Crippen molar-refractivity contribution < 1.29 is 9.59 Å². The van der Waals surface area contributed by atoms with Gasteiger partial charge in [-0.05, 0) is 50.0 Å². The molecular formula is C23H33N3O2. The van der Waals surface area contributed by atoms with Crippen molar-refractivity contribution in [3.63, 3.8) is 0 Å². The first-order chi connectivity index (χ1) is 13.7. The molecule has 5 nitrogen and oxygen atoms in total. The smallest absolute Gasteiger partial charge is 0.225 e. The molecule has 28 heavy (non-hydrogen) atoms. The van der Waals surface area contributed by atoms with Crippen molar-refractivity contribution in [2.75, 3.05) is 26.2 Å². The third-order valence-electron chi connectivity index (χ3n) is 6.52. The Labute approximate surface area is 168 Å². The molecule has 2 saturated heterocycles. The summed E-state index contributed by atoms with van der Waals surface area (Å²) in [5.74, 6) is 1.49. The Morgan fingerprint density at radius 2 is 1.71 bits per heavy atom. The van der Waals surface area contributed by atoms with Crippen molar-refractivity contribution in [1.29, 1.82) is 0 Å². The first-order valence-electron chi connectivity index (χ1n) is 11.0. The Morgan fingerprint density at radius 3 is 2.43 bits per heavy atom. The molecule has 1 atom stereocenters. The first-order valence-corrected chi connectivity index (χ1v) is 11.0. The van der Waals surface area contributed by atoms with E-state index in [4.69, 9.17) is 0 Å². The van der Waals surface area contributed by atoms with Crippen LogP contribution in [0.15, 0.2) is 30.3 Å². The Kier molecular flexibility index (Phi) is 6.30. The van der Waals surface area contributed by atoms with Gasteiger partial charge in [0.05, 0.1) is 0 Å². The molecule has 3 aliphatic rings. The van der Waals surface area contributed by atoms with Crippen molar-refractivity contribution in [1.82, 2.24) is 15.1 Å². The molecule has 1 N–H and O–H groups in total. The molecule has 2 heterocycles. The minimum absolute atomic E-state index is 0.197. The normalized spacial score (nSPS) is 23.7. The largest absolute Gasteiger partial charge is 0.352 e. The van der Waals surface area contributed by atoms with E-state index in [0.29, 0.717) is 24.2 Å². The van der Waals surface area contributed by atoms with Crippen molar-refractivity contribution in [2.45, 2.75) is 57.5 Å². The highest BCUT2D eigenvalue weighted by atomic mass is 16.2. The minimum Gasteiger partial charge on any atom is -0.352 e. The van der Waals surface area contributed by atoms with Gasteiger partial charge < -0.3 is 10.2 Å². The first kappa shape index (κ1) is 19.4. The molecule has 1 aliphatic carbocycles. The molecule has 1 unspecified atom stereocenters. The third-order valence-corrected chi connectivity index (χ3v) is 6.52. The number of rotatable bonds is 7. The molecule has 152 valence electrons. The zero-order valence-corrected chi connectivity index (χ0v) is 16.8. The highest BCUT2D eigenvalue weighted by molar-refractivity contribution is 5.81.